The van der Waals surface area contributed by atoms with Crippen molar-refractivity contribution in [2.75, 3.05) is 32.8 Å². The Morgan fingerprint density at radius 2 is 2.00 bits per heavy atom. The third-order valence-corrected chi connectivity index (χ3v) is 3.02. The fourth-order valence-corrected chi connectivity index (χ4v) is 2.16. The van der Waals surface area contributed by atoms with Gasteiger partial charge in [0.15, 0.2) is 0 Å². The molecule has 5 heteroatoms. The number of rotatable bonds is 3. The third kappa shape index (κ3) is 3.57. The van der Waals surface area contributed by atoms with E-state index in [2.05, 4.69) is 10.2 Å². The van der Waals surface area contributed by atoms with Crippen LogP contribution in [0, 0.1) is 0 Å². The highest BCUT2D eigenvalue weighted by Crippen LogP contribution is 2.23. The molecule has 1 aliphatic rings. The van der Waals surface area contributed by atoms with E-state index < -0.39 is 0 Å². The number of halogens is 1. The number of phenols is 1. The lowest BCUT2D eigenvalue weighted by Gasteiger charge is -2.34. The average Bonchev–Trinajstić information content (AvgIpc) is 2.31. The fraction of sp³-hybridized carbons (Fsp3) is 0.500. The molecule has 2 rings (SSSR count). The summed E-state index contributed by atoms with van der Waals surface area (Å²) in [7, 11) is 0. The molecule has 0 unspecified atom stereocenters. The minimum atomic E-state index is -0.00537. The van der Waals surface area contributed by atoms with Crippen LogP contribution < -0.4 is 5.32 Å². The summed E-state index contributed by atoms with van der Waals surface area (Å²) in [4.78, 5) is 2.24. The molecule has 17 heavy (non-hydrogen) atoms. The number of aromatic hydroxyl groups is 1. The molecule has 0 saturated carbocycles. The van der Waals surface area contributed by atoms with Gasteiger partial charge in [-0.2, -0.15) is 0 Å². The molecule has 96 valence electrons. The molecule has 1 saturated heterocycles. The molecule has 0 aliphatic carbocycles. The van der Waals surface area contributed by atoms with Gasteiger partial charge in [-0.15, -0.1) is 12.4 Å². The Hall–Kier alpha value is -0.810. The van der Waals surface area contributed by atoms with Crippen molar-refractivity contribution in [2.45, 2.75) is 6.04 Å². The molecule has 1 aromatic rings. The number of hydrogen-bond donors (Lipinski definition) is 3. The van der Waals surface area contributed by atoms with Gasteiger partial charge in [-0.3, -0.25) is 4.90 Å². The van der Waals surface area contributed by atoms with Crippen molar-refractivity contribution >= 4 is 12.4 Å². The van der Waals surface area contributed by atoms with Gasteiger partial charge in [0.2, 0.25) is 0 Å². The highest BCUT2D eigenvalue weighted by Gasteiger charge is 2.21. The number of phenolic OH excluding ortho intramolecular Hbond substituents is 1. The van der Waals surface area contributed by atoms with Gasteiger partial charge < -0.3 is 15.5 Å². The molecule has 1 heterocycles. The van der Waals surface area contributed by atoms with Crippen LogP contribution in [-0.2, 0) is 0 Å². The Morgan fingerprint density at radius 1 is 1.29 bits per heavy atom. The normalized spacial score (nSPS) is 18.4. The van der Waals surface area contributed by atoms with E-state index in [4.69, 9.17) is 0 Å². The van der Waals surface area contributed by atoms with E-state index in [1.165, 1.54) is 0 Å². The summed E-state index contributed by atoms with van der Waals surface area (Å²) >= 11 is 0. The summed E-state index contributed by atoms with van der Waals surface area (Å²) in [6, 6.07) is 7.13. The highest BCUT2D eigenvalue weighted by atomic mass is 35.5. The zero-order valence-electron chi connectivity index (χ0n) is 9.67. The second-order valence-electron chi connectivity index (χ2n) is 4.08. The number of benzene rings is 1. The Labute approximate surface area is 108 Å². The lowest BCUT2D eigenvalue weighted by Crippen LogP contribution is -2.46. The first-order chi connectivity index (χ1) is 7.81. The fourth-order valence-electron chi connectivity index (χ4n) is 2.16. The zero-order valence-corrected chi connectivity index (χ0v) is 10.5. The molecule has 0 spiro atoms. The number of piperazine rings is 1. The molecule has 1 fully saturated rings. The second kappa shape index (κ2) is 6.81. The van der Waals surface area contributed by atoms with Crippen LogP contribution in [0.25, 0.3) is 0 Å². The van der Waals surface area contributed by atoms with Crippen LogP contribution in [0.4, 0.5) is 0 Å². The Bertz CT molecular complexity index is 343. The Morgan fingerprint density at radius 3 is 2.59 bits per heavy atom. The Kier molecular flexibility index (Phi) is 5.71. The molecular weight excluding hydrogens is 240 g/mol. The molecule has 0 aromatic heterocycles. The minimum absolute atomic E-state index is 0. The summed E-state index contributed by atoms with van der Waals surface area (Å²) in [6.07, 6.45) is 0. The lowest BCUT2D eigenvalue weighted by atomic mass is 10.0. The molecule has 0 radical (unpaired) electrons. The van der Waals surface area contributed by atoms with E-state index >= 15 is 0 Å². The van der Waals surface area contributed by atoms with Gasteiger partial charge in [0, 0.05) is 26.2 Å². The highest BCUT2D eigenvalue weighted by molar-refractivity contribution is 5.85. The summed E-state index contributed by atoms with van der Waals surface area (Å²) in [5.41, 5.74) is 0.976. The molecule has 0 bridgehead atoms. The van der Waals surface area contributed by atoms with Gasteiger partial charge in [-0.05, 0) is 17.7 Å². The quantitative estimate of drug-likeness (QED) is 0.749. The summed E-state index contributed by atoms with van der Waals surface area (Å²) < 4.78 is 0. The molecule has 3 N–H and O–H groups in total. The van der Waals surface area contributed by atoms with Gasteiger partial charge in [0.05, 0.1) is 12.6 Å². The minimum Gasteiger partial charge on any atom is -0.508 e. The number of nitrogens with one attached hydrogen (secondary N) is 1. The predicted molar refractivity (Wildman–Crippen MR) is 69.6 cm³/mol. The van der Waals surface area contributed by atoms with Crippen molar-refractivity contribution in [1.29, 1.82) is 0 Å². The van der Waals surface area contributed by atoms with Crippen molar-refractivity contribution in [2.24, 2.45) is 0 Å². The van der Waals surface area contributed by atoms with Crippen molar-refractivity contribution in [1.82, 2.24) is 10.2 Å². The standard InChI is InChI=1S/C12H18N2O2.ClH/c15-9-12(14-6-4-13-5-7-14)10-2-1-3-11(16)8-10;/h1-3,8,12-13,15-16H,4-7,9H2;1H/t12-;/m0./s1. The number of hydrogen-bond acceptors (Lipinski definition) is 4. The van der Waals surface area contributed by atoms with Crippen molar-refractivity contribution in [3.63, 3.8) is 0 Å². The van der Waals surface area contributed by atoms with E-state index in [9.17, 15) is 10.2 Å². The van der Waals surface area contributed by atoms with E-state index in [-0.39, 0.29) is 30.8 Å². The van der Waals surface area contributed by atoms with Gasteiger partial charge in [0.1, 0.15) is 5.75 Å². The van der Waals surface area contributed by atoms with Crippen molar-refractivity contribution < 1.29 is 10.2 Å². The predicted octanol–water partition coefficient (Wildman–Crippen LogP) is 0.753. The third-order valence-electron chi connectivity index (χ3n) is 3.02. The molecule has 4 nitrogen and oxygen atoms in total. The monoisotopic (exact) mass is 258 g/mol. The van der Waals surface area contributed by atoms with Crippen LogP contribution in [-0.4, -0.2) is 47.9 Å². The molecule has 1 atom stereocenters. The van der Waals surface area contributed by atoms with Crippen LogP contribution in [0.2, 0.25) is 0 Å². The van der Waals surface area contributed by atoms with Crippen LogP contribution in [0.5, 0.6) is 5.75 Å². The van der Waals surface area contributed by atoms with Crippen LogP contribution in [0.15, 0.2) is 24.3 Å². The molecule has 1 aliphatic heterocycles. The molecular formula is C12H19ClN2O2. The maximum atomic E-state index is 9.48. The van der Waals surface area contributed by atoms with E-state index in [0.29, 0.717) is 0 Å². The largest absolute Gasteiger partial charge is 0.508 e. The van der Waals surface area contributed by atoms with Crippen LogP contribution >= 0.6 is 12.4 Å². The maximum Gasteiger partial charge on any atom is 0.115 e. The van der Waals surface area contributed by atoms with Crippen molar-refractivity contribution in [3.05, 3.63) is 29.8 Å². The zero-order chi connectivity index (χ0) is 11.4. The first kappa shape index (κ1) is 14.3. The first-order valence-electron chi connectivity index (χ1n) is 5.66. The smallest absolute Gasteiger partial charge is 0.115 e. The van der Waals surface area contributed by atoms with Gasteiger partial charge in [-0.1, -0.05) is 12.1 Å². The summed E-state index contributed by atoms with van der Waals surface area (Å²) in [6.45, 7) is 3.86. The molecule has 1 aromatic carbocycles. The Balaban J connectivity index is 0.00000144. The topological polar surface area (TPSA) is 55.7 Å². The maximum absolute atomic E-state index is 9.48. The SMILES string of the molecule is Cl.OC[C@@H](c1cccc(O)c1)N1CCNCC1. The number of aliphatic hydroxyl groups excluding tert-OH is 1. The van der Waals surface area contributed by atoms with Crippen LogP contribution in [0.1, 0.15) is 11.6 Å². The number of nitrogens with zero attached hydrogens (tertiary/aromatic N) is 1. The summed E-state index contributed by atoms with van der Waals surface area (Å²) in [5, 5.41) is 22.2. The summed E-state index contributed by atoms with van der Waals surface area (Å²) in [5.74, 6) is 0.256. The van der Waals surface area contributed by atoms with Gasteiger partial charge in [0.25, 0.3) is 0 Å². The lowest BCUT2D eigenvalue weighted by molar-refractivity contribution is 0.110. The van der Waals surface area contributed by atoms with E-state index in [0.717, 1.165) is 31.7 Å². The van der Waals surface area contributed by atoms with Gasteiger partial charge in [-0.25, -0.2) is 0 Å². The van der Waals surface area contributed by atoms with Crippen molar-refractivity contribution in [3.8, 4) is 5.75 Å². The van der Waals surface area contributed by atoms with E-state index in [1.54, 1.807) is 12.1 Å². The van der Waals surface area contributed by atoms with Gasteiger partial charge >= 0.3 is 0 Å². The van der Waals surface area contributed by atoms with E-state index in [1.807, 2.05) is 12.1 Å². The van der Waals surface area contributed by atoms with Crippen LogP contribution in [0.3, 0.4) is 0 Å². The average molecular weight is 259 g/mol. The second-order valence-corrected chi connectivity index (χ2v) is 4.08. The first-order valence-corrected chi connectivity index (χ1v) is 5.66. The number of aliphatic hydroxyl groups is 1. The molecule has 0 amide bonds.